The summed E-state index contributed by atoms with van der Waals surface area (Å²) in [7, 11) is 1.66. The fraction of sp³-hybridized carbons (Fsp3) is 0.522. The lowest BCUT2D eigenvalue weighted by Gasteiger charge is -2.27. The SMILES string of the molecule is CCCc1c(-c2ccc(OC)cc2)c(C(N)=O)c(C)n1CCN1CCCCC1. The van der Waals surface area contributed by atoms with E-state index in [2.05, 4.69) is 16.4 Å². The highest BCUT2D eigenvalue weighted by Crippen LogP contribution is 2.34. The van der Waals surface area contributed by atoms with Crippen molar-refractivity contribution in [3.8, 4) is 16.9 Å². The number of aromatic nitrogens is 1. The van der Waals surface area contributed by atoms with Crippen molar-refractivity contribution in [1.82, 2.24) is 9.47 Å². The van der Waals surface area contributed by atoms with Crippen LogP contribution >= 0.6 is 0 Å². The largest absolute Gasteiger partial charge is 0.497 e. The number of benzene rings is 1. The van der Waals surface area contributed by atoms with Gasteiger partial charge in [-0.15, -0.1) is 0 Å². The van der Waals surface area contributed by atoms with E-state index in [-0.39, 0.29) is 5.91 Å². The fourth-order valence-corrected chi connectivity index (χ4v) is 4.39. The Balaban J connectivity index is 2.01. The summed E-state index contributed by atoms with van der Waals surface area (Å²) in [5, 5.41) is 0. The van der Waals surface area contributed by atoms with Gasteiger partial charge >= 0.3 is 0 Å². The Morgan fingerprint density at radius 3 is 2.36 bits per heavy atom. The summed E-state index contributed by atoms with van der Waals surface area (Å²) >= 11 is 0. The van der Waals surface area contributed by atoms with Crippen molar-refractivity contribution in [3.63, 3.8) is 0 Å². The number of methoxy groups -OCH3 is 1. The molecular weight excluding hydrogens is 350 g/mol. The highest BCUT2D eigenvalue weighted by atomic mass is 16.5. The highest BCUT2D eigenvalue weighted by Gasteiger charge is 2.24. The summed E-state index contributed by atoms with van der Waals surface area (Å²) in [5.74, 6) is 0.458. The topological polar surface area (TPSA) is 60.5 Å². The molecule has 5 heteroatoms. The Bertz CT molecular complexity index is 802. The Morgan fingerprint density at radius 2 is 1.79 bits per heavy atom. The third kappa shape index (κ3) is 4.25. The number of piperidine rings is 1. The predicted octanol–water partition coefficient (Wildman–Crippen LogP) is 4.01. The lowest BCUT2D eigenvalue weighted by atomic mass is 9.98. The first-order valence-electron chi connectivity index (χ1n) is 10.4. The van der Waals surface area contributed by atoms with E-state index in [0.29, 0.717) is 5.56 Å². The summed E-state index contributed by atoms with van der Waals surface area (Å²) in [4.78, 5) is 14.9. The molecule has 0 saturated carbocycles. The molecule has 2 aromatic rings. The minimum Gasteiger partial charge on any atom is -0.497 e. The van der Waals surface area contributed by atoms with E-state index in [1.54, 1.807) is 7.11 Å². The van der Waals surface area contributed by atoms with Crippen LogP contribution in [0.3, 0.4) is 0 Å². The average molecular weight is 384 g/mol. The quantitative estimate of drug-likeness (QED) is 0.749. The van der Waals surface area contributed by atoms with Crippen molar-refractivity contribution >= 4 is 5.91 Å². The van der Waals surface area contributed by atoms with Crippen LogP contribution in [0.15, 0.2) is 24.3 Å². The second-order valence-corrected chi connectivity index (χ2v) is 7.68. The third-order valence-electron chi connectivity index (χ3n) is 5.83. The molecule has 0 radical (unpaired) electrons. The molecule has 1 aliphatic rings. The molecule has 3 rings (SSSR count). The van der Waals surface area contributed by atoms with Gasteiger partial charge in [0.15, 0.2) is 0 Å². The van der Waals surface area contributed by atoms with Crippen LogP contribution in [-0.2, 0) is 13.0 Å². The van der Waals surface area contributed by atoms with Crippen molar-refractivity contribution in [2.45, 2.75) is 52.5 Å². The molecule has 2 N–H and O–H groups in total. The van der Waals surface area contributed by atoms with Gasteiger partial charge in [-0.2, -0.15) is 0 Å². The molecule has 152 valence electrons. The van der Waals surface area contributed by atoms with Crippen molar-refractivity contribution in [1.29, 1.82) is 0 Å². The van der Waals surface area contributed by atoms with Crippen LogP contribution in [-0.4, -0.2) is 42.1 Å². The molecule has 28 heavy (non-hydrogen) atoms. The molecule has 1 amide bonds. The normalized spacial score (nSPS) is 15.0. The Kier molecular flexibility index (Phi) is 6.79. The third-order valence-corrected chi connectivity index (χ3v) is 5.83. The fourth-order valence-electron chi connectivity index (χ4n) is 4.39. The summed E-state index contributed by atoms with van der Waals surface area (Å²) in [6.45, 7) is 8.49. The van der Waals surface area contributed by atoms with E-state index < -0.39 is 0 Å². The molecule has 0 unspecified atom stereocenters. The van der Waals surface area contributed by atoms with E-state index in [1.807, 2.05) is 31.2 Å². The smallest absolute Gasteiger partial charge is 0.251 e. The first-order valence-corrected chi connectivity index (χ1v) is 10.4. The van der Waals surface area contributed by atoms with Gasteiger partial charge in [-0.25, -0.2) is 0 Å². The van der Waals surface area contributed by atoms with E-state index in [4.69, 9.17) is 10.5 Å². The van der Waals surface area contributed by atoms with Crippen LogP contribution in [0.25, 0.3) is 11.1 Å². The summed E-state index contributed by atoms with van der Waals surface area (Å²) in [6.07, 6.45) is 5.86. The maximum absolute atomic E-state index is 12.4. The van der Waals surface area contributed by atoms with Crippen molar-refractivity contribution in [2.75, 3.05) is 26.7 Å². The second kappa shape index (κ2) is 9.28. The number of amides is 1. The summed E-state index contributed by atoms with van der Waals surface area (Å²) in [5.41, 5.74) is 10.7. The number of hydrogen-bond donors (Lipinski definition) is 1. The Hall–Kier alpha value is -2.27. The number of primary amides is 1. The van der Waals surface area contributed by atoms with E-state index >= 15 is 0 Å². The number of carbonyl (C=O) groups excluding carboxylic acids is 1. The monoisotopic (exact) mass is 383 g/mol. The maximum Gasteiger partial charge on any atom is 0.251 e. The first-order chi connectivity index (χ1) is 13.6. The number of likely N-dealkylation sites (tertiary alicyclic amines) is 1. The molecule has 1 aliphatic heterocycles. The molecule has 1 aromatic carbocycles. The second-order valence-electron chi connectivity index (χ2n) is 7.68. The number of nitrogens with zero attached hydrogens (tertiary/aromatic N) is 2. The molecule has 0 spiro atoms. The van der Waals surface area contributed by atoms with Gasteiger partial charge in [0.05, 0.1) is 12.7 Å². The molecule has 1 saturated heterocycles. The van der Waals surface area contributed by atoms with E-state index in [1.165, 1.54) is 38.0 Å². The number of rotatable bonds is 8. The van der Waals surface area contributed by atoms with Gasteiger partial charge in [-0.1, -0.05) is 31.9 Å². The highest BCUT2D eigenvalue weighted by molar-refractivity contribution is 6.02. The van der Waals surface area contributed by atoms with Gasteiger partial charge in [0.25, 0.3) is 5.91 Å². The first kappa shape index (κ1) is 20.5. The zero-order chi connectivity index (χ0) is 20.1. The Morgan fingerprint density at radius 1 is 1.11 bits per heavy atom. The van der Waals surface area contributed by atoms with Crippen molar-refractivity contribution in [3.05, 3.63) is 41.2 Å². The van der Waals surface area contributed by atoms with Gasteiger partial charge in [-0.3, -0.25) is 4.79 Å². The van der Waals surface area contributed by atoms with Crippen LogP contribution in [0.2, 0.25) is 0 Å². The number of ether oxygens (including phenoxy) is 1. The van der Waals surface area contributed by atoms with Crippen LogP contribution in [0.5, 0.6) is 5.75 Å². The number of nitrogens with two attached hydrogens (primary N) is 1. The number of carbonyl (C=O) groups is 1. The van der Waals surface area contributed by atoms with Crippen molar-refractivity contribution < 1.29 is 9.53 Å². The summed E-state index contributed by atoms with van der Waals surface area (Å²) in [6, 6.07) is 7.93. The van der Waals surface area contributed by atoms with Gasteiger partial charge in [-0.05, 0) is 57.0 Å². The molecule has 1 fully saturated rings. The lowest BCUT2D eigenvalue weighted by Crippen LogP contribution is -2.33. The average Bonchev–Trinajstić information content (AvgIpc) is 2.99. The van der Waals surface area contributed by atoms with Crippen LogP contribution < -0.4 is 10.5 Å². The molecule has 0 bridgehead atoms. The minimum atomic E-state index is -0.350. The molecule has 2 heterocycles. The van der Waals surface area contributed by atoms with Crippen LogP contribution in [0.4, 0.5) is 0 Å². The predicted molar refractivity (Wildman–Crippen MR) is 114 cm³/mol. The number of hydrogen-bond acceptors (Lipinski definition) is 3. The molecule has 5 nitrogen and oxygen atoms in total. The lowest BCUT2D eigenvalue weighted by molar-refractivity contribution is 0.1000. The van der Waals surface area contributed by atoms with Gasteiger partial charge in [0, 0.05) is 30.0 Å². The van der Waals surface area contributed by atoms with Crippen LogP contribution in [0.1, 0.15) is 54.4 Å². The minimum absolute atomic E-state index is 0.350. The van der Waals surface area contributed by atoms with Gasteiger partial charge < -0.3 is 19.9 Å². The van der Waals surface area contributed by atoms with Gasteiger partial charge in [0.1, 0.15) is 5.75 Å². The molecular formula is C23H33N3O2. The van der Waals surface area contributed by atoms with Gasteiger partial charge in [0.2, 0.25) is 0 Å². The van der Waals surface area contributed by atoms with Crippen LogP contribution in [0, 0.1) is 6.92 Å². The van der Waals surface area contributed by atoms with E-state index in [0.717, 1.165) is 48.5 Å². The zero-order valence-electron chi connectivity index (χ0n) is 17.5. The maximum atomic E-state index is 12.4. The standard InChI is InChI=1S/C23H33N3O2/c1-4-8-20-22(18-9-11-19(28-3)12-10-18)21(23(24)27)17(2)26(20)16-15-25-13-6-5-7-14-25/h9-12H,4-8,13-16H2,1-3H3,(H2,24,27). The zero-order valence-corrected chi connectivity index (χ0v) is 17.5. The Labute approximate surface area is 168 Å². The summed E-state index contributed by atoms with van der Waals surface area (Å²) < 4.78 is 7.62. The molecule has 0 atom stereocenters. The molecule has 1 aromatic heterocycles. The van der Waals surface area contributed by atoms with Crippen molar-refractivity contribution in [2.24, 2.45) is 5.73 Å². The van der Waals surface area contributed by atoms with E-state index in [9.17, 15) is 4.79 Å². The molecule has 0 aliphatic carbocycles.